The summed E-state index contributed by atoms with van der Waals surface area (Å²) in [7, 11) is 0. The fourth-order valence-corrected chi connectivity index (χ4v) is 3.91. The Morgan fingerprint density at radius 2 is 1.81 bits per heavy atom. The van der Waals surface area contributed by atoms with Crippen LogP contribution >= 0.6 is 0 Å². The smallest absolute Gasteiger partial charge is 0.251 e. The van der Waals surface area contributed by atoms with Gasteiger partial charge in [0.2, 0.25) is 0 Å². The van der Waals surface area contributed by atoms with Gasteiger partial charge >= 0.3 is 0 Å². The fourth-order valence-electron chi connectivity index (χ4n) is 3.91. The third-order valence-electron chi connectivity index (χ3n) is 5.40. The molecule has 2 aliphatic rings. The summed E-state index contributed by atoms with van der Waals surface area (Å²) in [5.74, 6) is 0.208. The molecule has 0 unspecified atom stereocenters. The summed E-state index contributed by atoms with van der Waals surface area (Å²) in [6, 6.07) is 13.7. The first-order valence-corrected chi connectivity index (χ1v) is 9.48. The maximum absolute atomic E-state index is 12.5. The van der Waals surface area contributed by atoms with Gasteiger partial charge in [0.1, 0.15) is 0 Å². The van der Waals surface area contributed by atoms with E-state index in [-0.39, 0.29) is 11.7 Å². The molecule has 0 saturated carbocycles. The number of ketones is 1. The topological polar surface area (TPSA) is 49.4 Å². The number of fused-ring (bicyclic) bond motifs is 1. The Morgan fingerprint density at radius 3 is 2.65 bits per heavy atom. The lowest BCUT2D eigenvalue weighted by Gasteiger charge is -2.15. The molecular formula is C22H24N2O2. The number of hydrogen-bond donors (Lipinski definition) is 1. The van der Waals surface area contributed by atoms with E-state index in [4.69, 9.17) is 0 Å². The average Bonchev–Trinajstić information content (AvgIpc) is 3.31. The van der Waals surface area contributed by atoms with Gasteiger partial charge in [-0.3, -0.25) is 9.59 Å². The molecule has 2 aromatic carbocycles. The van der Waals surface area contributed by atoms with Crippen molar-refractivity contribution in [3.8, 4) is 11.1 Å². The van der Waals surface area contributed by atoms with Crippen molar-refractivity contribution >= 4 is 11.7 Å². The number of Topliss-reactive ketones (excluding diaryl/α,β-unsaturated/α-hetero) is 1. The monoisotopic (exact) mass is 348 g/mol. The highest BCUT2D eigenvalue weighted by Gasteiger charge is 2.19. The van der Waals surface area contributed by atoms with E-state index in [1.54, 1.807) is 0 Å². The highest BCUT2D eigenvalue weighted by molar-refractivity contribution is 6.01. The number of nitrogens with one attached hydrogen (secondary N) is 1. The van der Waals surface area contributed by atoms with E-state index in [2.05, 4.69) is 16.3 Å². The van der Waals surface area contributed by atoms with Crippen LogP contribution in [-0.4, -0.2) is 42.8 Å². The number of likely N-dealkylation sites (tertiary alicyclic amines) is 1. The number of hydrogen-bond acceptors (Lipinski definition) is 3. The molecule has 0 bridgehead atoms. The Balaban J connectivity index is 1.44. The van der Waals surface area contributed by atoms with E-state index in [0.29, 0.717) is 18.5 Å². The predicted molar refractivity (Wildman–Crippen MR) is 103 cm³/mol. The Hall–Kier alpha value is -2.46. The zero-order valence-electron chi connectivity index (χ0n) is 15.0. The minimum atomic E-state index is -0.0256. The van der Waals surface area contributed by atoms with Crippen molar-refractivity contribution in [2.45, 2.75) is 25.7 Å². The number of carbonyl (C=O) groups is 2. The maximum atomic E-state index is 12.5. The number of amides is 1. The van der Waals surface area contributed by atoms with Crippen LogP contribution in [0.25, 0.3) is 11.1 Å². The molecule has 1 saturated heterocycles. The van der Waals surface area contributed by atoms with Crippen LogP contribution in [0.15, 0.2) is 42.5 Å². The van der Waals surface area contributed by atoms with Crippen molar-refractivity contribution in [2.24, 2.45) is 0 Å². The molecule has 4 rings (SSSR count). The van der Waals surface area contributed by atoms with Gasteiger partial charge in [0.15, 0.2) is 5.78 Å². The summed E-state index contributed by atoms with van der Waals surface area (Å²) < 4.78 is 0. The molecule has 1 aliphatic heterocycles. The minimum absolute atomic E-state index is 0.0256. The molecule has 1 N–H and O–H groups in total. The number of rotatable bonds is 5. The molecule has 0 aromatic heterocycles. The molecule has 0 spiro atoms. The van der Waals surface area contributed by atoms with Gasteiger partial charge in [-0.05, 0) is 61.2 Å². The molecule has 2 aromatic rings. The minimum Gasteiger partial charge on any atom is -0.351 e. The van der Waals surface area contributed by atoms with Crippen LogP contribution in [0.5, 0.6) is 0 Å². The van der Waals surface area contributed by atoms with Crippen molar-refractivity contribution in [1.29, 1.82) is 0 Å². The number of benzene rings is 2. The largest absolute Gasteiger partial charge is 0.351 e. The van der Waals surface area contributed by atoms with Crippen molar-refractivity contribution in [3.05, 3.63) is 59.2 Å². The quantitative estimate of drug-likeness (QED) is 0.902. The summed E-state index contributed by atoms with van der Waals surface area (Å²) in [5.41, 5.74) is 4.72. The van der Waals surface area contributed by atoms with E-state index in [1.807, 2.05) is 36.4 Å². The second kappa shape index (κ2) is 7.42. The third-order valence-corrected chi connectivity index (χ3v) is 5.40. The summed E-state index contributed by atoms with van der Waals surface area (Å²) in [5, 5.41) is 3.03. The van der Waals surface area contributed by atoms with Gasteiger partial charge in [-0.2, -0.15) is 0 Å². The molecule has 1 aliphatic carbocycles. The Morgan fingerprint density at radius 1 is 1.00 bits per heavy atom. The molecule has 4 heteroatoms. The van der Waals surface area contributed by atoms with Crippen LogP contribution in [0, 0.1) is 0 Å². The lowest BCUT2D eigenvalue weighted by Crippen LogP contribution is -2.33. The molecule has 26 heavy (non-hydrogen) atoms. The van der Waals surface area contributed by atoms with Crippen molar-refractivity contribution in [2.75, 3.05) is 26.2 Å². The van der Waals surface area contributed by atoms with Crippen LogP contribution in [0.1, 0.15) is 45.5 Å². The number of carbonyl (C=O) groups excluding carboxylic acids is 2. The molecule has 1 fully saturated rings. The predicted octanol–water partition coefficient (Wildman–Crippen LogP) is 3.31. The first kappa shape index (κ1) is 17.0. The Bertz CT molecular complexity index is 838. The molecule has 1 heterocycles. The van der Waals surface area contributed by atoms with Gasteiger partial charge in [-0.15, -0.1) is 0 Å². The van der Waals surface area contributed by atoms with E-state index in [1.165, 1.54) is 12.8 Å². The summed E-state index contributed by atoms with van der Waals surface area (Å²) >= 11 is 0. The van der Waals surface area contributed by atoms with Gasteiger partial charge in [-0.1, -0.05) is 30.3 Å². The first-order valence-electron chi connectivity index (χ1n) is 9.48. The van der Waals surface area contributed by atoms with Gasteiger partial charge in [0, 0.05) is 30.6 Å². The lowest BCUT2D eigenvalue weighted by molar-refractivity contribution is 0.0948. The van der Waals surface area contributed by atoms with Crippen LogP contribution in [0.4, 0.5) is 0 Å². The van der Waals surface area contributed by atoms with Gasteiger partial charge < -0.3 is 10.2 Å². The average molecular weight is 348 g/mol. The Kier molecular flexibility index (Phi) is 4.85. The van der Waals surface area contributed by atoms with Crippen LogP contribution in [-0.2, 0) is 6.42 Å². The molecule has 0 radical (unpaired) electrons. The zero-order chi connectivity index (χ0) is 17.9. The van der Waals surface area contributed by atoms with E-state index in [9.17, 15) is 9.59 Å². The summed E-state index contributed by atoms with van der Waals surface area (Å²) in [4.78, 5) is 26.6. The number of aryl methyl sites for hydroxylation is 1. The highest BCUT2D eigenvalue weighted by atomic mass is 16.1. The SMILES string of the molecule is O=C(NCCN1CCCC1)c1cccc(-c2ccc3c(c2)CCC3=O)c1. The molecular weight excluding hydrogens is 324 g/mol. The van der Waals surface area contributed by atoms with E-state index >= 15 is 0 Å². The second-order valence-electron chi connectivity index (χ2n) is 7.18. The van der Waals surface area contributed by atoms with Gasteiger partial charge in [0.05, 0.1) is 0 Å². The van der Waals surface area contributed by atoms with E-state index < -0.39 is 0 Å². The third kappa shape index (κ3) is 3.56. The van der Waals surface area contributed by atoms with E-state index in [0.717, 1.165) is 48.3 Å². The van der Waals surface area contributed by atoms with Crippen molar-refractivity contribution in [1.82, 2.24) is 10.2 Å². The fraction of sp³-hybridized carbons (Fsp3) is 0.364. The molecule has 1 amide bonds. The standard InChI is InChI=1S/C22H24N2O2/c25-21-9-7-18-14-17(6-8-20(18)21)16-4-3-5-19(15-16)22(26)23-10-13-24-11-1-2-12-24/h3-6,8,14-15H,1-2,7,9-13H2,(H,23,26). The molecule has 134 valence electrons. The first-order chi connectivity index (χ1) is 12.7. The van der Waals surface area contributed by atoms with Crippen LogP contribution in [0.3, 0.4) is 0 Å². The summed E-state index contributed by atoms with van der Waals surface area (Å²) in [6.45, 7) is 3.90. The van der Waals surface area contributed by atoms with Gasteiger partial charge in [-0.25, -0.2) is 0 Å². The normalized spacial score (nSPS) is 16.7. The zero-order valence-corrected chi connectivity index (χ0v) is 15.0. The highest BCUT2D eigenvalue weighted by Crippen LogP contribution is 2.28. The van der Waals surface area contributed by atoms with Gasteiger partial charge in [0.25, 0.3) is 5.91 Å². The Labute approximate surface area is 154 Å². The second-order valence-corrected chi connectivity index (χ2v) is 7.18. The summed E-state index contributed by atoms with van der Waals surface area (Å²) in [6.07, 6.45) is 3.96. The van der Waals surface area contributed by atoms with Crippen molar-refractivity contribution in [3.63, 3.8) is 0 Å². The van der Waals surface area contributed by atoms with Crippen LogP contribution in [0.2, 0.25) is 0 Å². The molecule has 4 nitrogen and oxygen atoms in total. The lowest BCUT2D eigenvalue weighted by atomic mass is 9.99. The van der Waals surface area contributed by atoms with Crippen molar-refractivity contribution < 1.29 is 9.59 Å². The maximum Gasteiger partial charge on any atom is 0.251 e. The number of nitrogens with zero attached hydrogens (tertiary/aromatic N) is 1. The van der Waals surface area contributed by atoms with Crippen LogP contribution < -0.4 is 5.32 Å². The molecule has 0 atom stereocenters.